The van der Waals surface area contributed by atoms with E-state index in [9.17, 15) is 16.8 Å². The molecule has 1 aromatic rings. The fourth-order valence-electron chi connectivity index (χ4n) is 1.71. The fourth-order valence-corrected chi connectivity index (χ4v) is 3.77. The first-order chi connectivity index (χ1) is 9.65. The third-order valence-corrected chi connectivity index (χ3v) is 5.69. The van der Waals surface area contributed by atoms with Crippen molar-refractivity contribution in [2.75, 3.05) is 19.5 Å². The topological polar surface area (TPSA) is 89.5 Å². The van der Waals surface area contributed by atoms with Crippen molar-refractivity contribution in [3.63, 3.8) is 0 Å². The van der Waals surface area contributed by atoms with E-state index in [1.165, 1.54) is 31.4 Å². The number of ether oxygens (including phenoxy) is 1. The van der Waals surface area contributed by atoms with Gasteiger partial charge in [0.1, 0.15) is 0 Å². The highest BCUT2D eigenvalue weighted by molar-refractivity contribution is 8.13. The van der Waals surface area contributed by atoms with Gasteiger partial charge in [-0.05, 0) is 31.0 Å². The summed E-state index contributed by atoms with van der Waals surface area (Å²) in [6, 6.07) is 5.26. The van der Waals surface area contributed by atoms with Crippen LogP contribution in [0.2, 0.25) is 0 Å². The molecule has 1 atom stereocenters. The molecule has 0 bridgehead atoms. The predicted molar refractivity (Wildman–Crippen MR) is 81.3 cm³/mol. The van der Waals surface area contributed by atoms with E-state index in [0.29, 0.717) is 18.6 Å². The standard InChI is InChI=1S/C12H18ClNO5S2/c1-10(14-20(15,16)9-3-8-19-2)11-4-6-12(7-5-11)21(13,17)18/h4-7,10,14H,3,8-9H2,1-2H3. The molecule has 0 fully saturated rings. The van der Waals surface area contributed by atoms with Crippen LogP contribution >= 0.6 is 10.7 Å². The van der Waals surface area contributed by atoms with Crippen LogP contribution in [0.4, 0.5) is 0 Å². The van der Waals surface area contributed by atoms with Gasteiger partial charge in [-0.1, -0.05) is 12.1 Å². The van der Waals surface area contributed by atoms with Crippen LogP contribution in [0.3, 0.4) is 0 Å². The smallest absolute Gasteiger partial charge is 0.261 e. The van der Waals surface area contributed by atoms with Gasteiger partial charge in [-0.2, -0.15) is 0 Å². The summed E-state index contributed by atoms with van der Waals surface area (Å²) in [5.41, 5.74) is 0.648. The van der Waals surface area contributed by atoms with Crippen molar-refractivity contribution in [1.29, 1.82) is 0 Å². The van der Waals surface area contributed by atoms with E-state index in [2.05, 4.69) is 4.72 Å². The van der Waals surface area contributed by atoms with Crippen molar-refractivity contribution in [2.45, 2.75) is 24.3 Å². The number of hydrogen-bond donors (Lipinski definition) is 1. The van der Waals surface area contributed by atoms with Gasteiger partial charge in [-0.3, -0.25) is 0 Å². The molecule has 9 heteroatoms. The minimum absolute atomic E-state index is 0.0249. The molecule has 1 N–H and O–H groups in total. The SMILES string of the molecule is COCCCS(=O)(=O)NC(C)c1ccc(S(=O)(=O)Cl)cc1. The number of methoxy groups -OCH3 is 1. The van der Waals surface area contributed by atoms with Crippen molar-refractivity contribution in [3.05, 3.63) is 29.8 Å². The molecule has 0 saturated heterocycles. The van der Waals surface area contributed by atoms with Gasteiger partial charge in [0.2, 0.25) is 10.0 Å². The normalized spacial score (nSPS) is 14.0. The van der Waals surface area contributed by atoms with E-state index in [-0.39, 0.29) is 10.6 Å². The van der Waals surface area contributed by atoms with E-state index in [1.807, 2.05) is 0 Å². The molecule has 120 valence electrons. The van der Waals surface area contributed by atoms with Gasteiger partial charge < -0.3 is 4.74 Å². The lowest BCUT2D eigenvalue weighted by atomic mass is 10.1. The first-order valence-electron chi connectivity index (χ1n) is 6.19. The zero-order chi connectivity index (χ0) is 16.1. The van der Waals surface area contributed by atoms with Gasteiger partial charge in [0.05, 0.1) is 10.6 Å². The molecule has 0 spiro atoms. The van der Waals surface area contributed by atoms with Crippen LogP contribution in [0.15, 0.2) is 29.2 Å². The summed E-state index contributed by atoms with van der Waals surface area (Å²) in [5.74, 6) is -0.0284. The molecule has 21 heavy (non-hydrogen) atoms. The van der Waals surface area contributed by atoms with Crippen LogP contribution in [0.5, 0.6) is 0 Å². The van der Waals surface area contributed by atoms with Crippen molar-refractivity contribution >= 4 is 29.8 Å². The number of rotatable bonds is 8. The zero-order valence-electron chi connectivity index (χ0n) is 11.7. The summed E-state index contributed by atoms with van der Waals surface area (Å²) in [6.45, 7) is 2.05. The van der Waals surface area contributed by atoms with Crippen LogP contribution in [0.25, 0.3) is 0 Å². The van der Waals surface area contributed by atoms with Crippen LogP contribution in [-0.4, -0.2) is 36.3 Å². The molecule has 0 heterocycles. The maximum absolute atomic E-state index is 11.8. The van der Waals surface area contributed by atoms with Crippen LogP contribution in [0.1, 0.15) is 24.9 Å². The summed E-state index contributed by atoms with van der Waals surface area (Å²) in [7, 11) is -0.464. The average Bonchev–Trinajstić information content (AvgIpc) is 2.37. The largest absolute Gasteiger partial charge is 0.385 e. The first kappa shape index (κ1) is 18.4. The Balaban J connectivity index is 2.73. The molecular formula is C12H18ClNO5S2. The van der Waals surface area contributed by atoms with Crippen molar-refractivity contribution < 1.29 is 21.6 Å². The molecule has 0 aliphatic rings. The highest BCUT2D eigenvalue weighted by Gasteiger charge is 2.16. The lowest BCUT2D eigenvalue weighted by Gasteiger charge is -2.14. The highest BCUT2D eigenvalue weighted by Crippen LogP contribution is 2.19. The Morgan fingerprint density at radius 1 is 1.19 bits per heavy atom. The minimum Gasteiger partial charge on any atom is -0.385 e. The number of hydrogen-bond acceptors (Lipinski definition) is 5. The molecule has 0 saturated carbocycles. The van der Waals surface area contributed by atoms with Gasteiger partial charge in [-0.15, -0.1) is 0 Å². The minimum atomic E-state index is -3.78. The Kier molecular flexibility index (Phi) is 6.61. The number of nitrogens with one attached hydrogen (secondary N) is 1. The van der Waals surface area contributed by atoms with E-state index in [0.717, 1.165) is 0 Å². The molecule has 0 aromatic heterocycles. The second-order valence-electron chi connectivity index (χ2n) is 4.51. The Morgan fingerprint density at radius 2 is 1.76 bits per heavy atom. The second kappa shape index (κ2) is 7.55. The number of sulfonamides is 1. The third kappa shape index (κ3) is 6.31. The molecule has 1 rings (SSSR count). The van der Waals surface area contributed by atoms with E-state index in [1.54, 1.807) is 6.92 Å². The van der Waals surface area contributed by atoms with Gasteiger partial charge in [0.15, 0.2) is 0 Å². The summed E-state index contributed by atoms with van der Waals surface area (Å²) in [6.07, 6.45) is 0.405. The van der Waals surface area contributed by atoms with E-state index < -0.39 is 25.1 Å². The average molecular weight is 356 g/mol. The Morgan fingerprint density at radius 3 is 2.24 bits per heavy atom. The van der Waals surface area contributed by atoms with Gasteiger partial charge in [0, 0.05) is 30.4 Å². The summed E-state index contributed by atoms with van der Waals surface area (Å²) in [4.78, 5) is -0.0249. The van der Waals surface area contributed by atoms with Crippen LogP contribution in [0, 0.1) is 0 Å². The lowest BCUT2D eigenvalue weighted by Crippen LogP contribution is -2.29. The second-order valence-corrected chi connectivity index (χ2v) is 8.95. The fraction of sp³-hybridized carbons (Fsp3) is 0.500. The first-order valence-corrected chi connectivity index (χ1v) is 10.2. The van der Waals surface area contributed by atoms with Gasteiger partial charge >= 0.3 is 0 Å². The van der Waals surface area contributed by atoms with Crippen LogP contribution < -0.4 is 4.72 Å². The maximum Gasteiger partial charge on any atom is 0.261 e. The molecule has 0 radical (unpaired) electrons. The molecule has 1 unspecified atom stereocenters. The molecule has 0 aliphatic heterocycles. The van der Waals surface area contributed by atoms with E-state index in [4.69, 9.17) is 15.4 Å². The lowest BCUT2D eigenvalue weighted by molar-refractivity contribution is 0.199. The van der Waals surface area contributed by atoms with Gasteiger partial charge in [0.25, 0.3) is 9.05 Å². The molecule has 0 amide bonds. The summed E-state index contributed by atoms with van der Waals surface area (Å²) in [5, 5.41) is 0. The van der Waals surface area contributed by atoms with Crippen LogP contribution in [-0.2, 0) is 23.8 Å². The predicted octanol–water partition coefficient (Wildman–Crippen LogP) is 1.63. The number of halogens is 1. The summed E-state index contributed by atoms with van der Waals surface area (Å²) < 4.78 is 53.3. The molecule has 1 aromatic carbocycles. The zero-order valence-corrected chi connectivity index (χ0v) is 14.1. The monoisotopic (exact) mass is 355 g/mol. The highest BCUT2D eigenvalue weighted by atomic mass is 35.7. The van der Waals surface area contributed by atoms with E-state index >= 15 is 0 Å². The van der Waals surface area contributed by atoms with Gasteiger partial charge in [-0.25, -0.2) is 21.6 Å². The van der Waals surface area contributed by atoms with Crippen molar-refractivity contribution in [1.82, 2.24) is 4.72 Å². The Bertz CT molecular complexity index is 655. The third-order valence-electron chi connectivity index (χ3n) is 2.78. The van der Waals surface area contributed by atoms with Crippen molar-refractivity contribution in [3.8, 4) is 0 Å². The molecule has 6 nitrogen and oxygen atoms in total. The molecular weight excluding hydrogens is 338 g/mol. The Hall–Kier alpha value is -0.670. The summed E-state index contributed by atoms with van der Waals surface area (Å²) >= 11 is 0. The molecule has 0 aliphatic carbocycles. The van der Waals surface area contributed by atoms with Crippen molar-refractivity contribution in [2.24, 2.45) is 0 Å². The quantitative estimate of drug-likeness (QED) is 0.565. The number of benzene rings is 1. The Labute approximate surface area is 129 Å². The maximum atomic E-state index is 11.8.